The van der Waals surface area contributed by atoms with Gasteiger partial charge in [0.1, 0.15) is 6.04 Å². The number of nitrogens with one attached hydrogen (secondary N) is 4. The Morgan fingerprint density at radius 3 is 2.15 bits per heavy atom. The Balaban J connectivity index is 1.40. The molecule has 2 aromatic heterocycles. The number of allylic oxidation sites excluding steroid dienone is 2. The van der Waals surface area contributed by atoms with Crippen LogP contribution < -0.4 is 10.6 Å². The van der Waals surface area contributed by atoms with Crippen molar-refractivity contribution in [1.29, 1.82) is 0 Å². The van der Waals surface area contributed by atoms with E-state index in [1.807, 2.05) is 19.0 Å². The maximum atomic E-state index is 13.9. The van der Waals surface area contributed by atoms with E-state index in [0.29, 0.717) is 38.8 Å². The lowest BCUT2D eigenvalue weighted by atomic mass is 10.1. The van der Waals surface area contributed by atoms with E-state index in [1.165, 1.54) is 57.8 Å². The van der Waals surface area contributed by atoms with Crippen LogP contribution in [-0.2, 0) is 27.2 Å². The number of aromatic nitrogens is 4. The third-order valence-electron chi connectivity index (χ3n) is 9.04. The quantitative estimate of drug-likeness (QED) is 0.0921. The molecule has 1 fully saturated rings. The van der Waals surface area contributed by atoms with E-state index < -0.39 is 12.1 Å². The Morgan fingerprint density at radius 1 is 0.915 bits per heavy atom. The van der Waals surface area contributed by atoms with E-state index in [0.717, 1.165) is 37.1 Å². The van der Waals surface area contributed by atoms with Gasteiger partial charge in [-0.1, -0.05) is 70.4 Å². The largest absolute Gasteiger partial charge is 0.354 e. The third kappa shape index (κ3) is 14.5. The molecule has 0 bridgehead atoms. The highest BCUT2D eigenvalue weighted by Gasteiger charge is 2.42. The van der Waals surface area contributed by atoms with Crippen molar-refractivity contribution in [1.82, 2.24) is 40.4 Å². The monoisotopic (exact) mass is 652 g/mol. The van der Waals surface area contributed by atoms with Gasteiger partial charge in [0.15, 0.2) is 0 Å². The fourth-order valence-corrected chi connectivity index (χ4v) is 6.24. The zero-order valence-corrected chi connectivity index (χ0v) is 29.1. The molecule has 3 amide bonds. The molecule has 0 aromatic carbocycles. The Kier molecular flexibility index (Phi) is 17.9. The zero-order valence-electron chi connectivity index (χ0n) is 29.1. The van der Waals surface area contributed by atoms with Crippen molar-refractivity contribution in [2.24, 2.45) is 0 Å². The molecule has 0 spiro atoms. The first-order valence-electron chi connectivity index (χ1n) is 18.0. The molecule has 0 radical (unpaired) electrons. The molecule has 1 aliphatic rings. The second kappa shape index (κ2) is 22.2. The topological polar surface area (TPSA) is 139 Å². The number of nitrogens with zero attached hydrogens (tertiary/aromatic N) is 4. The maximum absolute atomic E-state index is 13.9. The molecule has 0 saturated carbocycles. The van der Waals surface area contributed by atoms with Crippen LogP contribution in [0.15, 0.2) is 37.2 Å². The molecule has 1 unspecified atom stereocenters. The van der Waals surface area contributed by atoms with E-state index in [-0.39, 0.29) is 23.8 Å². The molecule has 4 N–H and O–H groups in total. The summed E-state index contributed by atoms with van der Waals surface area (Å²) in [6.45, 7) is 2.99. The summed E-state index contributed by atoms with van der Waals surface area (Å²) in [5.74, 6) is -0.347. The highest BCUT2D eigenvalue weighted by atomic mass is 16.2. The van der Waals surface area contributed by atoms with E-state index in [4.69, 9.17) is 0 Å². The van der Waals surface area contributed by atoms with E-state index in [1.54, 1.807) is 29.9 Å². The maximum Gasteiger partial charge on any atom is 0.242 e. The second-order valence-electron chi connectivity index (χ2n) is 13.2. The van der Waals surface area contributed by atoms with Crippen LogP contribution in [0.25, 0.3) is 0 Å². The number of carbonyl (C=O) groups is 3. The summed E-state index contributed by atoms with van der Waals surface area (Å²) in [4.78, 5) is 57.9. The lowest BCUT2D eigenvalue weighted by Crippen LogP contribution is -2.53. The zero-order chi connectivity index (χ0) is 33.7. The number of aromatic amines is 2. The molecule has 1 saturated heterocycles. The fraction of sp³-hybridized carbons (Fsp3) is 0.694. The van der Waals surface area contributed by atoms with Gasteiger partial charge >= 0.3 is 0 Å². The molecule has 262 valence electrons. The van der Waals surface area contributed by atoms with E-state index in [2.05, 4.69) is 49.6 Å². The standard InChI is InChI=1S/C36H60N8O3/c1-4-5-6-7-8-9-10-11-12-13-14-15-16-17-18-19-34(45)42-31-23-32(35(46)39-21-20-29-24-37-27-40-29)44(26-31)36(47)33(43(2)3)22-30-25-38-28-41-30/h11-12,24-25,27-28,31-33H,4-10,13-23,26H2,1-3H3,(H,37,40)(H,38,41)(H,39,46)(H,42,45)/b12-11-/t31-,32-,33?/m0/s1. The first-order chi connectivity index (χ1) is 22.9. The van der Waals surface area contributed by atoms with Crippen molar-refractivity contribution < 1.29 is 14.4 Å². The number of likely N-dealkylation sites (tertiary alicyclic amines) is 1. The summed E-state index contributed by atoms with van der Waals surface area (Å²) in [5, 5.41) is 6.12. The first kappa shape index (κ1) is 38.0. The van der Waals surface area contributed by atoms with Crippen molar-refractivity contribution in [2.75, 3.05) is 27.2 Å². The highest BCUT2D eigenvalue weighted by Crippen LogP contribution is 2.22. The fourth-order valence-electron chi connectivity index (χ4n) is 6.24. The number of hydrogen-bond donors (Lipinski definition) is 4. The number of likely N-dealkylation sites (N-methyl/N-ethyl adjacent to an activating group) is 1. The van der Waals surface area contributed by atoms with Gasteiger partial charge in [0, 0.05) is 62.2 Å². The van der Waals surface area contributed by atoms with Crippen molar-refractivity contribution in [3.05, 3.63) is 48.6 Å². The van der Waals surface area contributed by atoms with E-state index >= 15 is 0 Å². The molecule has 3 rings (SSSR count). The SMILES string of the molecule is CCCCCCCC/C=C\CCCCCCCC(=O)N[C@H]1C[C@@H](C(=O)NCCc2cnc[nH]2)N(C(=O)C(Cc2cnc[nH]2)N(C)C)C1. The molecule has 0 aliphatic carbocycles. The number of imidazole rings is 2. The molecular formula is C36H60N8O3. The lowest BCUT2D eigenvalue weighted by molar-refractivity contribution is -0.142. The minimum atomic E-state index is -0.654. The van der Waals surface area contributed by atoms with Crippen LogP contribution in [0.4, 0.5) is 0 Å². The summed E-state index contributed by atoms with van der Waals surface area (Å²) >= 11 is 0. The Morgan fingerprint density at radius 2 is 1.53 bits per heavy atom. The normalized spacial score (nSPS) is 17.1. The predicted octanol–water partition coefficient (Wildman–Crippen LogP) is 5.09. The van der Waals surface area contributed by atoms with Gasteiger partial charge in [0.05, 0.1) is 18.7 Å². The number of H-pyrrole nitrogens is 2. The van der Waals surface area contributed by atoms with Crippen LogP contribution >= 0.6 is 0 Å². The minimum absolute atomic E-state index is 0.0121. The summed E-state index contributed by atoms with van der Waals surface area (Å²) in [5.41, 5.74) is 1.78. The first-order valence-corrected chi connectivity index (χ1v) is 18.0. The van der Waals surface area contributed by atoms with Crippen LogP contribution in [0.3, 0.4) is 0 Å². The van der Waals surface area contributed by atoms with Gasteiger partial charge in [-0.25, -0.2) is 9.97 Å². The molecule has 2 aromatic rings. The molecule has 1 aliphatic heterocycles. The van der Waals surface area contributed by atoms with Crippen LogP contribution in [0.5, 0.6) is 0 Å². The van der Waals surface area contributed by atoms with Crippen molar-refractivity contribution in [3.63, 3.8) is 0 Å². The second-order valence-corrected chi connectivity index (χ2v) is 13.2. The van der Waals surface area contributed by atoms with Crippen molar-refractivity contribution in [2.45, 2.75) is 134 Å². The predicted molar refractivity (Wildman–Crippen MR) is 187 cm³/mol. The smallest absolute Gasteiger partial charge is 0.242 e. The van der Waals surface area contributed by atoms with Crippen LogP contribution in [0.1, 0.15) is 115 Å². The summed E-state index contributed by atoms with van der Waals surface area (Å²) in [6, 6.07) is -1.40. The average Bonchev–Trinajstić information content (AvgIpc) is 3.84. The van der Waals surface area contributed by atoms with Gasteiger partial charge in [0.25, 0.3) is 0 Å². The average molecular weight is 653 g/mol. The number of hydrogen-bond acceptors (Lipinski definition) is 6. The molecular weight excluding hydrogens is 592 g/mol. The lowest BCUT2D eigenvalue weighted by Gasteiger charge is -2.31. The Hall–Kier alpha value is -3.47. The van der Waals surface area contributed by atoms with Gasteiger partial charge in [-0.2, -0.15) is 0 Å². The van der Waals surface area contributed by atoms with Crippen LogP contribution in [0, 0.1) is 0 Å². The number of unbranched alkanes of at least 4 members (excludes halogenated alkanes) is 11. The van der Waals surface area contributed by atoms with Gasteiger partial charge in [0.2, 0.25) is 17.7 Å². The Labute approximate surface area is 282 Å². The van der Waals surface area contributed by atoms with Gasteiger partial charge in [-0.15, -0.1) is 0 Å². The van der Waals surface area contributed by atoms with Gasteiger partial charge in [-0.05, 0) is 52.6 Å². The minimum Gasteiger partial charge on any atom is -0.354 e. The summed E-state index contributed by atoms with van der Waals surface area (Å²) in [7, 11) is 3.73. The van der Waals surface area contributed by atoms with Gasteiger partial charge < -0.3 is 25.5 Å². The molecule has 11 nitrogen and oxygen atoms in total. The van der Waals surface area contributed by atoms with Crippen LogP contribution in [-0.4, -0.2) is 92.8 Å². The van der Waals surface area contributed by atoms with Gasteiger partial charge in [-0.3, -0.25) is 19.3 Å². The summed E-state index contributed by atoms with van der Waals surface area (Å²) in [6.07, 6.45) is 29.1. The van der Waals surface area contributed by atoms with Crippen molar-refractivity contribution in [3.8, 4) is 0 Å². The van der Waals surface area contributed by atoms with Crippen molar-refractivity contribution >= 4 is 17.7 Å². The highest BCUT2D eigenvalue weighted by molar-refractivity contribution is 5.91. The Bertz CT molecular complexity index is 1170. The number of rotatable bonds is 24. The molecule has 3 atom stereocenters. The molecule has 3 heterocycles. The van der Waals surface area contributed by atoms with E-state index in [9.17, 15) is 14.4 Å². The third-order valence-corrected chi connectivity index (χ3v) is 9.04. The summed E-state index contributed by atoms with van der Waals surface area (Å²) < 4.78 is 0. The molecule has 11 heteroatoms. The molecule has 47 heavy (non-hydrogen) atoms. The van der Waals surface area contributed by atoms with Crippen LogP contribution in [0.2, 0.25) is 0 Å². The number of carbonyl (C=O) groups excluding carboxylic acids is 3. The number of amides is 3.